The first-order valence-corrected chi connectivity index (χ1v) is 8.81. The Labute approximate surface area is 170 Å². The van der Waals surface area contributed by atoms with E-state index in [1.54, 1.807) is 24.3 Å². The molecule has 3 N–H and O–H groups in total. The summed E-state index contributed by atoms with van der Waals surface area (Å²) in [4.78, 5) is 33.7. The van der Waals surface area contributed by atoms with Crippen molar-refractivity contribution in [3.05, 3.63) is 68.2 Å². The van der Waals surface area contributed by atoms with E-state index in [0.717, 1.165) is 10.5 Å². The van der Waals surface area contributed by atoms with Gasteiger partial charge in [-0.15, -0.1) is 0 Å². The zero-order valence-electron chi connectivity index (χ0n) is 14.5. The molecule has 0 aliphatic heterocycles. The number of carbonyl (C=O) groups excluding carboxylic acids is 2. The Morgan fingerprint density at radius 3 is 2.34 bits per heavy atom. The van der Waals surface area contributed by atoms with E-state index >= 15 is 0 Å². The van der Waals surface area contributed by atoms with E-state index in [2.05, 4.69) is 32.1 Å². The van der Waals surface area contributed by atoms with E-state index in [-0.39, 0.29) is 18.7 Å². The van der Waals surface area contributed by atoms with E-state index in [0.29, 0.717) is 17.7 Å². The molecule has 8 nitrogen and oxygen atoms in total. The van der Waals surface area contributed by atoms with Crippen LogP contribution >= 0.6 is 15.9 Å². The monoisotopic (exact) mass is 474 g/mol. The van der Waals surface area contributed by atoms with E-state index in [4.69, 9.17) is 0 Å². The van der Waals surface area contributed by atoms with Crippen LogP contribution in [0, 0.1) is 10.1 Å². The number of rotatable bonds is 7. The van der Waals surface area contributed by atoms with Crippen LogP contribution in [0.25, 0.3) is 0 Å². The molecule has 0 unspecified atom stereocenters. The maximum atomic E-state index is 12.7. The summed E-state index contributed by atoms with van der Waals surface area (Å²) >= 11 is 3.24. The van der Waals surface area contributed by atoms with E-state index in [1.165, 1.54) is 0 Å². The van der Waals surface area contributed by atoms with Gasteiger partial charge in [-0.25, -0.2) is 0 Å². The standard InChI is InChI=1S/C17H14BrF3N4O4/c18-12-4-1-10(2-5-12)16(27)22-8-7-15(26)24-23-13-6-3-11(17(19,20)21)9-14(13)25(28)29/h1-6,9,23H,7-8H2,(H,22,27)(H,24,26). The Balaban J connectivity index is 1.88. The Bertz CT molecular complexity index is 920. The largest absolute Gasteiger partial charge is 0.416 e. The number of halogens is 4. The fourth-order valence-electron chi connectivity index (χ4n) is 2.16. The third-order valence-electron chi connectivity index (χ3n) is 3.60. The van der Waals surface area contributed by atoms with Crippen LogP contribution in [0.1, 0.15) is 22.3 Å². The number of nitro groups is 1. The van der Waals surface area contributed by atoms with Gasteiger partial charge in [-0.1, -0.05) is 15.9 Å². The zero-order valence-corrected chi connectivity index (χ0v) is 16.1. The fraction of sp³-hybridized carbons (Fsp3) is 0.176. The summed E-state index contributed by atoms with van der Waals surface area (Å²) in [5, 5.41) is 13.5. The number of nitrogens with zero attached hydrogens (tertiary/aromatic N) is 1. The lowest BCUT2D eigenvalue weighted by Crippen LogP contribution is -2.33. The number of amides is 2. The molecule has 12 heteroatoms. The van der Waals surface area contributed by atoms with Crippen LogP contribution in [-0.4, -0.2) is 23.3 Å². The first kappa shape index (κ1) is 22.1. The number of hydrogen-bond acceptors (Lipinski definition) is 5. The maximum absolute atomic E-state index is 12.7. The molecule has 0 atom stereocenters. The molecule has 2 aromatic carbocycles. The van der Waals surface area contributed by atoms with Crippen LogP contribution < -0.4 is 16.2 Å². The summed E-state index contributed by atoms with van der Waals surface area (Å²) in [7, 11) is 0. The molecule has 0 bridgehead atoms. The van der Waals surface area contributed by atoms with Gasteiger partial charge in [-0.2, -0.15) is 13.2 Å². The van der Waals surface area contributed by atoms with Crippen LogP contribution in [0.3, 0.4) is 0 Å². The van der Waals surface area contributed by atoms with Gasteiger partial charge in [0.25, 0.3) is 11.6 Å². The van der Waals surface area contributed by atoms with Crippen LogP contribution in [0.2, 0.25) is 0 Å². The number of anilines is 1. The lowest BCUT2D eigenvalue weighted by molar-refractivity contribution is -0.384. The van der Waals surface area contributed by atoms with Gasteiger partial charge in [-0.05, 0) is 36.4 Å². The predicted octanol–water partition coefficient (Wildman–Crippen LogP) is 3.64. The summed E-state index contributed by atoms with van der Waals surface area (Å²) < 4.78 is 38.8. The zero-order chi connectivity index (χ0) is 21.6. The lowest BCUT2D eigenvalue weighted by Gasteiger charge is -2.11. The third-order valence-corrected chi connectivity index (χ3v) is 4.13. The molecule has 29 heavy (non-hydrogen) atoms. The topological polar surface area (TPSA) is 113 Å². The fourth-order valence-corrected chi connectivity index (χ4v) is 2.42. The first-order valence-electron chi connectivity index (χ1n) is 8.02. The van der Waals surface area contributed by atoms with E-state index < -0.39 is 34.2 Å². The number of nitro benzene ring substituents is 1. The predicted molar refractivity (Wildman–Crippen MR) is 101 cm³/mol. The number of hydrogen-bond donors (Lipinski definition) is 3. The highest BCUT2D eigenvalue weighted by molar-refractivity contribution is 9.10. The van der Waals surface area contributed by atoms with Crippen molar-refractivity contribution < 1.29 is 27.7 Å². The summed E-state index contributed by atoms with van der Waals surface area (Å²) in [6.07, 6.45) is -4.90. The van der Waals surface area contributed by atoms with Crippen molar-refractivity contribution in [1.82, 2.24) is 10.7 Å². The molecule has 0 aliphatic rings. The average Bonchev–Trinajstić information content (AvgIpc) is 2.65. The molecule has 2 amide bonds. The van der Waals surface area contributed by atoms with Crippen molar-refractivity contribution in [3.63, 3.8) is 0 Å². The molecular formula is C17H14BrF3N4O4. The molecule has 154 valence electrons. The van der Waals surface area contributed by atoms with Crippen LogP contribution in [0.5, 0.6) is 0 Å². The molecule has 2 aromatic rings. The van der Waals surface area contributed by atoms with Crippen LogP contribution in [-0.2, 0) is 11.0 Å². The Hall–Kier alpha value is -3.15. The molecule has 0 fully saturated rings. The number of benzene rings is 2. The molecule has 0 saturated heterocycles. The molecule has 0 aromatic heterocycles. The number of hydrazine groups is 1. The SMILES string of the molecule is O=C(CCNC(=O)c1ccc(Br)cc1)NNc1ccc(C(F)(F)F)cc1[N+](=O)[O-]. The van der Waals surface area contributed by atoms with E-state index in [9.17, 15) is 32.9 Å². The highest BCUT2D eigenvalue weighted by Gasteiger charge is 2.33. The normalized spacial score (nSPS) is 10.9. The van der Waals surface area contributed by atoms with Crippen molar-refractivity contribution in [2.45, 2.75) is 12.6 Å². The molecule has 0 saturated carbocycles. The van der Waals surface area contributed by atoms with Crippen molar-refractivity contribution in [3.8, 4) is 0 Å². The van der Waals surface area contributed by atoms with E-state index in [1.807, 2.05) is 0 Å². The second kappa shape index (κ2) is 9.37. The van der Waals surface area contributed by atoms with Crippen LogP contribution in [0.4, 0.5) is 24.5 Å². The summed E-state index contributed by atoms with van der Waals surface area (Å²) in [6, 6.07) is 8.41. The highest BCUT2D eigenvalue weighted by Crippen LogP contribution is 2.34. The quantitative estimate of drug-likeness (QED) is 0.418. The van der Waals surface area contributed by atoms with Gasteiger partial charge in [0.15, 0.2) is 0 Å². The van der Waals surface area contributed by atoms with Gasteiger partial charge in [-0.3, -0.25) is 30.6 Å². The lowest BCUT2D eigenvalue weighted by atomic mass is 10.1. The summed E-state index contributed by atoms with van der Waals surface area (Å²) in [5.74, 6) is -1.02. The van der Waals surface area contributed by atoms with Crippen molar-refractivity contribution in [2.75, 3.05) is 12.0 Å². The maximum Gasteiger partial charge on any atom is 0.416 e. The van der Waals surface area contributed by atoms with Gasteiger partial charge in [0, 0.05) is 29.1 Å². The molecule has 0 aliphatic carbocycles. The number of carbonyl (C=O) groups is 2. The van der Waals surface area contributed by atoms with Crippen LogP contribution in [0.15, 0.2) is 46.9 Å². The van der Waals surface area contributed by atoms with Gasteiger partial charge in [0.1, 0.15) is 5.69 Å². The Morgan fingerprint density at radius 1 is 1.10 bits per heavy atom. The first-order chi connectivity index (χ1) is 13.6. The minimum Gasteiger partial charge on any atom is -0.352 e. The summed E-state index contributed by atoms with van der Waals surface area (Å²) in [6.45, 7) is -0.0164. The third kappa shape index (κ3) is 6.45. The second-order valence-electron chi connectivity index (χ2n) is 5.67. The molecule has 0 spiro atoms. The molecule has 0 heterocycles. The van der Waals surface area contributed by atoms with Gasteiger partial charge in [0.05, 0.1) is 10.5 Å². The average molecular weight is 475 g/mol. The van der Waals surface area contributed by atoms with Gasteiger partial charge >= 0.3 is 6.18 Å². The molecule has 0 radical (unpaired) electrons. The minimum atomic E-state index is -4.74. The highest BCUT2D eigenvalue weighted by atomic mass is 79.9. The van der Waals surface area contributed by atoms with Crippen molar-refractivity contribution in [1.29, 1.82) is 0 Å². The summed E-state index contributed by atoms with van der Waals surface area (Å²) in [5.41, 5.74) is 2.42. The van der Waals surface area contributed by atoms with Crippen molar-refractivity contribution >= 4 is 39.1 Å². The Kier molecular flexibility index (Phi) is 7.15. The minimum absolute atomic E-state index is 0.0164. The Morgan fingerprint density at radius 2 is 1.76 bits per heavy atom. The van der Waals surface area contributed by atoms with Gasteiger partial charge in [0.2, 0.25) is 5.91 Å². The molecule has 2 rings (SSSR count). The number of alkyl halides is 3. The van der Waals surface area contributed by atoms with Crippen molar-refractivity contribution in [2.24, 2.45) is 0 Å². The number of nitrogens with one attached hydrogen (secondary N) is 3. The second-order valence-corrected chi connectivity index (χ2v) is 6.59. The molecular weight excluding hydrogens is 461 g/mol. The van der Waals surface area contributed by atoms with Gasteiger partial charge < -0.3 is 5.32 Å². The smallest absolute Gasteiger partial charge is 0.352 e.